The fraction of sp³-hybridized carbons (Fsp3) is 0.545. The van der Waals surface area contributed by atoms with Crippen molar-refractivity contribution in [3.63, 3.8) is 0 Å². The molecular formula is C22H29N5O3. The summed E-state index contributed by atoms with van der Waals surface area (Å²) in [7, 11) is 0. The lowest BCUT2D eigenvalue weighted by Crippen LogP contribution is -2.42. The van der Waals surface area contributed by atoms with Crippen LogP contribution in [0.2, 0.25) is 0 Å². The van der Waals surface area contributed by atoms with Gasteiger partial charge in [0.1, 0.15) is 0 Å². The lowest BCUT2D eigenvalue weighted by Gasteiger charge is -2.33. The van der Waals surface area contributed by atoms with Gasteiger partial charge in [0.05, 0.1) is 25.3 Å². The molecule has 0 N–H and O–H groups in total. The molecule has 2 fully saturated rings. The molecule has 4 rings (SSSR count). The smallest absolute Gasteiger partial charge is 0.266 e. The van der Waals surface area contributed by atoms with Gasteiger partial charge in [-0.3, -0.25) is 14.6 Å². The summed E-state index contributed by atoms with van der Waals surface area (Å²) < 4.78 is 6.99. The molecule has 0 radical (unpaired) electrons. The number of aromatic nitrogens is 3. The van der Waals surface area contributed by atoms with Crippen LogP contribution in [0.15, 0.2) is 41.5 Å². The molecular weight excluding hydrogens is 382 g/mol. The van der Waals surface area contributed by atoms with Gasteiger partial charge < -0.3 is 14.5 Å². The molecule has 4 heterocycles. The van der Waals surface area contributed by atoms with Crippen LogP contribution in [0, 0.1) is 5.92 Å². The predicted octanol–water partition coefficient (Wildman–Crippen LogP) is 1.27. The summed E-state index contributed by atoms with van der Waals surface area (Å²) in [6.07, 6.45) is 6.01. The summed E-state index contributed by atoms with van der Waals surface area (Å²) in [4.78, 5) is 32.8. The molecule has 8 nitrogen and oxygen atoms in total. The molecule has 0 atom stereocenters. The molecule has 0 aromatic carbocycles. The number of hydrogen-bond donors (Lipinski definition) is 0. The van der Waals surface area contributed by atoms with Crippen LogP contribution in [-0.4, -0.2) is 76.4 Å². The summed E-state index contributed by atoms with van der Waals surface area (Å²) in [5, 5.41) is 4.58. The average molecular weight is 412 g/mol. The van der Waals surface area contributed by atoms with Gasteiger partial charge in [-0.2, -0.15) is 5.10 Å². The molecule has 2 aliphatic rings. The number of nitrogens with zero attached hydrogens (tertiary/aromatic N) is 5. The first-order valence-corrected chi connectivity index (χ1v) is 10.8. The highest BCUT2D eigenvalue weighted by Crippen LogP contribution is 2.19. The van der Waals surface area contributed by atoms with Crippen molar-refractivity contribution in [3.05, 3.63) is 47.0 Å². The van der Waals surface area contributed by atoms with Crippen molar-refractivity contribution < 1.29 is 9.53 Å². The van der Waals surface area contributed by atoms with E-state index >= 15 is 0 Å². The molecule has 160 valence electrons. The van der Waals surface area contributed by atoms with E-state index in [1.165, 1.54) is 0 Å². The third kappa shape index (κ3) is 5.31. The number of amides is 1. The normalized spacial score (nSPS) is 19.1. The summed E-state index contributed by atoms with van der Waals surface area (Å²) in [5.74, 6) is 0.634. The van der Waals surface area contributed by atoms with Crippen molar-refractivity contribution in [3.8, 4) is 11.3 Å². The number of pyridine rings is 1. The zero-order valence-electron chi connectivity index (χ0n) is 17.3. The Balaban J connectivity index is 1.29. The molecule has 2 aromatic rings. The van der Waals surface area contributed by atoms with Gasteiger partial charge in [0.2, 0.25) is 5.91 Å². The minimum absolute atomic E-state index is 0.0582. The molecule has 0 spiro atoms. The van der Waals surface area contributed by atoms with Gasteiger partial charge in [-0.1, -0.05) is 0 Å². The minimum atomic E-state index is -0.0582. The van der Waals surface area contributed by atoms with Crippen LogP contribution in [0.3, 0.4) is 0 Å². The van der Waals surface area contributed by atoms with Crippen molar-refractivity contribution in [2.24, 2.45) is 5.92 Å². The molecule has 0 bridgehead atoms. The number of ether oxygens (including phenoxy) is 1. The minimum Gasteiger partial charge on any atom is -0.379 e. The lowest BCUT2D eigenvalue weighted by atomic mass is 9.97. The van der Waals surface area contributed by atoms with Crippen molar-refractivity contribution in [2.45, 2.75) is 25.8 Å². The summed E-state index contributed by atoms with van der Waals surface area (Å²) in [6.45, 7) is 6.15. The first-order chi connectivity index (χ1) is 14.7. The van der Waals surface area contributed by atoms with Crippen molar-refractivity contribution in [1.82, 2.24) is 24.6 Å². The molecule has 2 aliphatic heterocycles. The standard InChI is InChI=1S/C22H29N5O3/c28-21-7-15-30-16-14-26(21)13-12-25-10-5-18(6-11-25)17-27-22(29)2-1-20(24-27)19-3-8-23-9-4-19/h1-4,8-9,18H,5-7,10-17H2. The lowest BCUT2D eigenvalue weighted by molar-refractivity contribution is -0.130. The fourth-order valence-electron chi connectivity index (χ4n) is 4.11. The van der Waals surface area contributed by atoms with Gasteiger partial charge >= 0.3 is 0 Å². The van der Waals surface area contributed by atoms with E-state index in [0.29, 0.717) is 38.6 Å². The highest BCUT2D eigenvalue weighted by atomic mass is 16.5. The van der Waals surface area contributed by atoms with E-state index in [1.807, 2.05) is 17.0 Å². The van der Waals surface area contributed by atoms with E-state index in [4.69, 9.17) is 4.74 Å². The molecule has 30 heavy (non-hydrogen) atoms. The van der Waals surface area contributed by atoms with Gasteiger partial charge in [-0.05, 0) is 50.0 Å². The van der Waals surface area contributed by atoms with E-state index in [0.717, 1.165) is 50.3 Å². The molecule has 2 saturated heterocycles. The zero-order chi connectivity index (χ0) is 20.8. The Morgan fingerprint density at radius 2 is 1.77 bits per heavy atom. The Morgan fingerprint density at radius 3 is 2.57 bits per heavy atom. The van der Waals surface area contributed by atoms with Gasteiger partial charge in [0.15, 0.2) is 0 Å². The van der Waals surface area contributed by atoms with Crippen LogP contribution in [0.1, 0.15) is 19.3 Å². The predicted molar refractivity (Wildman–Crippen MR) is 113 cm³/mol. The van der Waals surface area contributed by atoms with Crippen molar-refractivity contribution >= 4 is 5.91 Å². The SMILES string of the molecule is O=C1CCOCCN1CCN1CCC(Cn2nc(-c3ccncc3)ccc2=O)CC1. The Morgan fingerprint density at radius 1 is 0.967 bits per heavy atom. The van der Waals surface area contributed by atoms with Crippen LogP contribution in [0.5, 0.6) is 0 Å². The number of carbonyl (C=O) groups excluding carboxylic acids is 1. The van der Waals surface area contributed by atoms with E-state index in [1.54, 1.807) is 29.2 Å². The van der Waals surface area contributed by atoms with Crippen molar-refractivity contribution in [2.75, 3.05) is 45.9 Å². The molecule has 1 amide bonds. The maximum absolute atomic E-state index is 12.3. The second-order valence-corrected chi connectivity index (χ2v) is 8.00. The van der Waals surface area contributed by atoms with Crippen LogP contribution in [0.25, 0.3) is 11.3 Å². The van der Waals surface area contributed by atoms with Crippen LogP contribution >= 0.6 is 0 Å². The van der Waals surface area contributed by atoms with Crippen LogP contribution in [0.4, 0.5) is 0 Å². The second kappa shape index (κ2) is 9.95. The first-order valence-electron chi connectivity index (χ1n) is 10.8. The van der Waals surface area contributed by atoms with E-state index in [2.05, 4.69) is 15.0 Å². The highest BCUT2D eigenvalue weighted by molar-refractivity contribution is 5.76. The Hall–Kier alpha value is -2.58. The summed E-state index contributed by atoms with van der Waals surface area (Å²) in [6, 6.07) is 7.17. The first kappa shape index (κ1) is 20.7. The molecule has 0 unspecified atom stereocenters. The number of rotatable bonds is 6. The summed E-state index contributed by atoms with van der Waals surface area (Å²) >= 11 is 0. The highest BCUT2D eigenvalue weighted by Gasteiger charge is 2.22. The second-order valence-electron chi connectivity index (χ2n) is 8.00. The monoisotopic (exact) mass is 411 g/mol. The Kier molecular flexibility index (Phi) is 6.86. The Bertz CT molecular complexity index is 893. The molecule has 0 aliphatic carbocycles. The van der Waals surface area contributed by atoms with Crippen LogP contribution < -0.4 is 5.56 Å². The van der Waals surface area contributed by atoms with E-state index < -0.39 is 0 Å². The van der Waals surface area contributed by atoms with Gasteiger partial charge in [0, 0.05) is 50.2 Å². The van der Waals surface area contributed by atoms with Gasteiger partial charge in [0.25, 0.3) is 5.56 Å². The van der Waals surface area contributed by atoms with Crippen LogP contribution in [-0.2, 0) is 16.1 Å². The number of piperidine rings is 1. The Labute approximate surface area is 176 Å². The van der Waals surface area contributed by atoms with E-state index in [9.17, 15) is 9.59 Å². The third-order valence-electron chi connectivity index (χ3n) is 5.99. The maximum atomic E-state index is 12.3. The average Bonchev–Trinajstić information content (AvgIpc) is 2.99. The topological polar surface area (TPSA) is 80.6 Å². The number of likely N-dealkylation sites (tertiary alicyclic amines) is 1. The van der Waals surface area contributed by atoms with Gasteiger partial charge in [-0.25, -0.2) is 4.68 Å². The summed E-state index contributed by atoms with van der Waals surface area (Å²) in [5.41, 5.74) is 1.69. The van der Waals surface area contributed by atoms with Crippen molar-refractivity contribution in [1.29, 1.82) is 0 Å². The number of hydrogen-bond acceptors (Lipinski definition) is 6. The molecule has 8 heteroatoms. The number of carbonyl (C=O) groups is 1. The maximum Gasteiger partial charge on any atom is 0.266 e. The largest absolute Gasteiger partial charge is 0.379 e. The molecule has 2 aromatic heterocycles. The molecule has 0 saturated carbocycles. The quantitative estimate of drug-likeness (QED) is 0.712. The fourth-order valence-corrected chi connectivity index (χ4v) is 4.11. The van der Waals surface area contributed by atoms with E-state index in [-0.39, 0.29) is 11.5 Å². The van der Waals surface area contributed by atoms with Gasteiger partial charge in [-0.15, -0.1) is 0 Å². The zero-order valence-corrected chi connectivity index (χ0v) is 17.3. The third-order valence-corrected chi connectivity index (χ3v) is 5.99.